The molecule has 0 heterocycles. The van der Waals surface area contributed by atoms with E-state index >= 15 is 0 Å². The number of rotatable bonds is 7. The van der Waals surface area contributed by atoms with Crippen molar-refractivity contribution in [2.45, 2.75) is 53.9 Å². The van der Waals surface area contributed by atoms with Gasteiger partial charge in [-0.2, -0.15) is 0 Å². The maximum Gasteiger partial charge on any atom is 0.331 e. The first-order chi connectivity index (χ1) is 8.34. The van der Waals surface area contributed by atoms with Crippen molar-refractivity contribution in [3.63, 3.8) is 0 Å². The summed E-state index contributed by atoms with van der Waals surface area (Å²) < 4.78 is 0. The Labute approximate surface area is 111 Å². The van der Waals surface area contributed by atoms with Crippen molar-refractivity contribution in [3.8, 4) is 0 Å². The average Bonchev–Trinajstić information content (AvgIpc) is 2.30. The van der Waals surface area contributed by atoms with Crippen molar-refractivity contribution in [2.75, 3.05) is 0 Å². The molecule has 0 spiro atoms. The Balaban J connectivity index is 4.02. The Hall–Kier alpha value is -1.31. The highest BCUT2D eigenvalue weighted by Gasteiger charge is 2.01. The lowest BCUT2D eigenvalue weighted by atomic mass is 9.97. The fraction of sp³-hybridized carbons (Fsp3) is 0.562. The molecule has 0 aromatic carbocycles. The molecule has 0 aliphatic rings. The van der Waals surface area contributed by atoms with Crippen LogP contribution in [0.2, 0.25) is 0 Å². The maximum atomic E-state index is 10.6. The second-order valence-electron chi connectivity index (χ2n) is 5.24. The zero-order chi connectivity index (χ0) is 14.1. The third kappa shape index (κ3) is 7.88. The van der Waals surface area contributed by atoms with Gasteiger partial charge in [0.1, 0.15) is 0 Å². The van der Waals surface area contributed by atoms with Gasteiger partial charge in [-0.1, -0.05) is 36.3 Å². The zero-order valence-corrected chi connectivity index (χ0v) is 12.3. The van der Waals surface area contributed by atoms with Crippen LogP contribution < -0.4 is 0 Å². The van der Waals surface area contributed by atoms with Crippen LogP contribution in [0, 0.1) is 5.92 Å². The molecule has 2 heteroatoms. The van der Waals surface area contributed by atoms with Gasteiger partial charge in [-0.15, -0.1) is 0 Å². The minimum absolute atomic E-state index is 0.374. The molecule has 0 rings (SSSR count). The van der Waals surface area contributed by atoms with Gasteiger partial charge < -0.3 is 5.11 Å². The van der Waals surface area contributed by atoms with E-state index in [-0.39, 0.29) is 0 Å². The minimum atomic E-state index is -0.855. The topological polar surface area (TPSA) is 37.3 Å². The lowest BCUT2D eigenvalue weighted by Crippen LogP contribution is -1.95. The summed E-state index contributed by atoms with van der Waals surface area (Å²) in [6.07, 6.45) is 8.88. The standard InChI is InChI=1S/C16H26O2/c1-12(2)14(4)11-10-13(3)8-6-7-9-15(5)16(17)18/h6-7,9,13H,8,10-11H2,1-5H3,(H,17,18)/b7-6+,15-9+. The number of carbonyl (C=O) groups is 1. The summed E-state index contributed by atoms with van der Waals surface area (Å²) in [4.78, 5) is 10.6. The van der Waals surface area contributed by atoms with E-state index in [1.807, 2.05) is 6.08 Å². The van der Waals surface area contributed by atoms with Crippen LogP contribution in [0.5, 0.6) is 0 Å². The Bertz CT molecular complexity index is 355. The third-order valence-electron chi connectivity index (χ3n) is 3.22. The number of hydrogen-bond acceptors (Lipinski definition) is 1. The monoisotopic (exact) mass is 250 g/mol. The summed E-state index contributed by atoms with van der Waals surface area (Å²) in [7, 11) is 0. The van der Waals surface area contributed by atoms with Gasteiger partial charge in [0.15, 0.2) is 0 Å². The number of carboxylic acids is 1. The number of aliphatic carboxylic acids is 1. The predicted molar refractivity (Wildman–Crippen MR) is 77.6 cm³/mol. The molecule has 1 atom stereocenters. The third-order valence-corrected chi connectivity index (χ3v) is 3.22. The molecule has 0 aliphatic carbocycles. The summed E-state index contributed by atoms with van der Waals surface area (Å²) in [5.41, 5.74) is 3.27. The highest BCUT2D eigenvalue weighted by atomic mass is 16.4. The van der Waals surface area contributed by atoms with Gasteiger partial charge in [0, 0.05) is 5.57 Å². The zero-order valence-electron chi connectivity index (χ0n) is 12.3. The van der Waals surface area contributed by atoms with E-state index in [4.69, 9.17) is 5.11 Å². The molecular weight excluding hydrogens is 224 g/mol. The van der Waals surface area contributed by atoms with E-state index in [9.17, 15) is 4.79 Å². The van der Waals surface area contributed by atoms with Gasteiger partial charge in [0.2, 0.25) is 0 Å². The van der Waals surface area contributed by atoms with E-state index in [1.165, 1.54) is 17.6 Å². The van der Waals surface area contributed by atoms with Crippen molar-refractivity contribution >= 4 is 5.97 Å². The van der Waals surface area contributed by atoms with Gasteiger partial charge >= 0.3 is 5.97 Å². The van der Waals surface area contributed by atoms with E-state index in [2.05, 4.69) is 33.8 Å². The Morgan fingerprint density at radius 2 is 1.83 bits per heavy atom. The molecule has 0 fully saturated rings. The van der Waals surface area contributed by atoms with Gasteiger partial charge in [-0.05, 0) is 52.9 Å². The summed E-state index contributed by atoms with van der Waals surface area (Å²) in [6, 6.07) is 0. The molecule has 0 saturated carbocycles. The van der Waals surface area contributed by atoms with Gasteiger partial charge in [-0.25, -0.2) is 4.79 Å². The molecule has 0 amide bonds. The highest BCUT2D eigenvalue weighted by molar-refractivity contribution is 5.86. The van der Waals surface area contributed by atoms with E-state index in [1.54, 1.807) is 13.0 Å². The lowest BCUT2D eigenvalue weighted by Gasteiger charge is -2.09. The number of allylic oxidation sites excluding steroid dienone is 5. The van der Waals surface area contributed by atoms with Crippen molar-refractivity contribution < 1.29 is 9.90 Å². The van der Waals surface area contributed by atoms with E-state index in [0.717, 1.165) is 12.8 Å². The van der Waals surface area contributed by atoms with Crippen LogP contribution in [-0.2, 0) is 4.79 Å². The average molecular weight is 250 g/mol. The fourth-order valence-corrected chi connectivity index (χ4v) is 1.43. The molecular formula is C16H26O2. The van der Waals surface area contributed by atoms with Crippen molar-refractivity contribution in [2.24, 2.45) is 5.92 Å². The van der Waals surface area contributed by atoms with Crippen LogP contribution in [0.3, 0.4) is 0 Å². The quantitative estimate of drug-likeness (QED) is 0.402. The van der Waals surface area contributed by atoms with Crippen LogP contribution >= 0.6 is 0 Å². The number of carboxylic acid groups (broad SMARTS) is 1. The molecule has 18 heavy (non-hydrogen) atoms. The summed E-state index contributed by atoms with van der Waals surface area (Å²) in [6.45, 7) is 10.3. The first-order valence-corrected chi connectivity index (χ1v) is 6.54. The molecule has 0 radical (unpaired) electrons. The first-order valence-electron chi connectivity index (χ1n) is 6.54. The van der Waals surface area contributed by atoms with Crippen LogP contribution in [0.25, 0.3) is 0 Å². The SMILES string of the molecule is CC(C)=C(C)CCC(C)C/C=C/C=C(\C)C(=O)O. The molecule has 1 unspecified atom stereocenters. The van der Waals surface area contributed by atoms with Crippen LogP contribution in [0.4, 0.5) is 0 Å². The van der Waals surface area contributed by atoms with Gasteiger partial charge in [-0.3, -0.25) is 0 Å². The molecule has 0 aromatic rings. The smallest absolute Gasteiger partial charge is 0.331 e. The second kappa shape index (κ2) is 8.73. The van der Waals surface area contributed by atoms with Crippen LogP contribution in [0.15, 0.2) is 34.9 Å². The highest BCUT2D eigenvalue weighted by Crippen LogP contribution is 2.17. The molecule has 0 bridgehead atoms. The molecule has 0 aliphatic heterocycles. The summed E-state index contributed by atoms with van der Waals surface area (Å²) in [5, 5.41) is 8.68. The minimum Gasteiger partial charge on any atom is -0.478 e. The fourth-order valence-electron chi connectivity index (χ4n) is 1.43. The van der Waals surface area contributed by atoms with E-state index in [0.29, 0.717) is 11.5 Å². The molecule has 102 valence electrons. The Kier molecular flexibility index (Phi) is 8.10. The van der Waals surface area contributed by atoms with Gasteiger partial charge in [0.25, 0.3) is 0 Å². The molecule has 0 aromatic heterocycles. The van der Waals surface area contributed by atoms with Crippen molar-refractivity contribution in [1.29, 1.82) is 0 Å². The maximum absolute atomic E-state index is 10.6. The lowest BCUT2D eigenvalue weighted by molar-refractivity contribution is -0.132. The molecule has 0 saturated heterocycles. The normalized spacial score (nSPS) is 13.7. The second-order valence-corrected chi connectivity index (χ2v) is 5.24. The predicted octanol–water partition coefficient (Wildman–Crippen LogP) is 4.74. The van der Waals surface area contributed by atoms with Crippen molar-refractivity contribution in [1.82, 2.24) is 0 Å². The largest absolute Gasteiger partial charge is 0.478 e. The van der Waals surface area contributed by atoms with Crippen LogP contribution in [0.1, 0.15) is 53.9 Å². The van der Waals surface area contributed by atoms with Crippen LogP contribution in [-0.4, -0.2) is 11.1 Å². The Morgan fingerprint density at radius 1 is 1.22 bits per heavy atom. The molecule has 1 N–H and O–H groups in total. The molecule has 2 nitrogen and oxygen atoms in total. The summed E-state index contributed by atoms with van der Waals surface area (Å²) in [5.74, 6) is -0.221. The first kappa shape index (κ1) is 16.7. The Morgan fingerprint density at radius 3 is 2.33 bits per heavy atom. The van der Waals surface area contributed by atoms with Crippen molar-refractivity contribution in [3.05, 3.63) is 34.9 Å². The summed E-state index contributed by atoms with van der Waals surface area (Å²) >= 11 is 0. The number of hydrogen-bond donors (Lipinski definition) is 1. The van der Waals surface area contributed by atoms with E-state index < -0.39 is 5.97 Å². The van der Waals surface area contributed by atoms with Gasteiger partial charge in [0.05, 0.1) is 0 Å².